The summed E-state index contributed by atoms with van der Waals surface area (Å²) in [5, 5.41) is 5.19. The van der Waals surface area contributed by atoms with Crippen molar-refractivity contribution in [2.75, 3.05) is 0 Å². The standard InChI is InChI=1S/C20H16N6O2/c27-17-15(11-13-7-3-1-4-8-13)21-19(23-17)25-26-20-22-16(18(28)24-20)12-14-9-5-2-6-10-14/h1-12H,(H2,21,23,25,27)(H2,22,24,26,28)/b15-11+,16-12+. The largest absolute Gasteiger partial charge is 0.290 e. The van der Waals surface area contributed by atoms with E-state index in [9.17, 15) is 9.59 Å². The van der Waals surface area contributed by atoms with Crippen molar-refractivity contribution in [3.05, 3.63) is 83.2 Å². The van der Waals surface area contributed by atoms with Crippen molar-refractivity contribution in [3.63, 3.8) is 0 Å². The molecule has 0 saturated heterocycles. The Bertz CT molecular complexity index is 953. The monoisotopic (exact) mass is 372 g/mol. The molecule has 2 aromatic rings. The number of carbonyl (C=O) groups excluding carboxylic acids is 2. The van der Waals surface area contributed by atoms with Gasteiger partial charge in [-0.2, -0.15) is 0 Å². The first-order valence-corrected chi connectivity index (χ1v) is 8.53. The lowest BCUT2D eigenvalue weighted by Gasteiger charge is -2.07. The van der Waals surface area contributed by atoms with Crippen molar-refractivity contribution in [2.24, 2.45) is 9.98 Å². The normalized spacial score (nSPS) is 18.6. The Labute approximate surface area is 160 Å². The fourth-order valence-electron chi connectivity index (χ4n) is 2.59. The predicted molar refractivity (Wildman–Crippen MR) is 106 cm³/mol. The molecule has 2 heterocycles. The van der Waals surface area contributed by atoms with Gasteiger partial charge in [0.15, 0.2) is 0 Å². The number of hydrogen-bond acceptors (Lipinski definition) is 6. The molecule has 28 heavy (non-hydrogen) atoms. The maximum Gasteiger partial charge on any atom is 0.276 e. The summed E-state index contributed by atoms with van der Waals surface area (Å²) in [6.07, 6.45) is 3.36. The summed E-state index contributed by atoms with van der Waals surface area (Å²) in [5.41, 5.74) is 7.75. The van der Waals surface area contributed by atoms with E-state index in [2.05, 4.69) is 31.5 Å². The van der Waals surface area contributed by atoms with Gasteiger partial charge in [-0.05, 0) is 23.3 Å². The highest BCUT2D eigenvalue weighted by molar-refractivity contribution is 6.16. The number of aliphatic imine (C=N–C) groups is 2. The summed E-state index contributed by atoms with van der Waals surface area (Å²) in [4.78, 5) is 32.4. The van der Waals surface area contributed by atoms with Crippen LogP contribution in [0, 0.1) is 0 Å². The van der Waals surface area contributed by atoms with Crippen LogP contribution in [-0.2, 0) is 9.59 Å². The van der Waals surface area contributed by atoms with Crippen molar-refractivity contribution < 1.29 is 9.59 Å². The second-order valence-corrected chi connectivity index (χ2v) is 5.96. The fourth-order valence-corrected chi connectivity index (χ4v) is 2.59. The van der Waals surface area contributed by atoms with E-state index in [-0.39, 0.29) is 35.1 Å². The highest BCUT2D eigenvalue weighted by Crippen LogP contribution is 2.12. The van der Waals surface area contributed by atoms with E-state index >= 15 is 0 Å². The molecule has 0 aromatic heterocycles. The zero-order valence-electron chi connectivity index (χ0n) is 14.6. The second-order valence-electron chi connectivity index (χ2n) is 5.96. The zero-order chi connectivity index (χ0) is 19.3. The molecular formula is C20H16N6O2. The molecule has 2 amide bonds. The van der Waals surface area contributed by atoms with Crippen LogP contribution in [0.15, 0.2) is 82.0 Å². The summed E-state index contributed by atoms with van der Waals surface area (Å²) < 4.78 is 0. The number of rotatable bonds is 2. The van der Waals surface area contributed by atoms with Crippen molar-refractivity contribution in [3.8, 4) is 0 Å². The smallest absolute Gasteiger partial charge is 0.276 e. The summed E-state index contributed by atoms with van der Waals surface area (Å²) in [7, 11) is 0. The van der Waals surface area contributed by atoms with Gasteiger partial charge in [-0.25, -0.2) is 9.98 Å². The van der Waals surface area contributed by atoms with Crippen molar-refractivity contribution >= 4 is 35.9 Å². The quantitative estimate of drug-likeness (QED) is 0.468. The van der Waals surface area contributed by atoms with Gasteiger partial charge >= 0.3 is 0 Å². The van der Waals surface area contributed by atoms with E-state index in [1.54, 1.807) is 12.2 Å². The molecular weight excluding hydrogens is 356 g/mol. The Morgan fingerprint density at radius 2 is 1.04 bits per heavy atom. The molecule has 0 bridgehead atoms. The summed E-state index contributed by atoms with van der Waals surface area (Å²) >= 11 is 0. The molecule has 0 spiro atoms. The van der Waals surface area contributed by atoms with Crippen molar-refractivity contribution in [2.45, 2.75) is 0 Å². The van der Waals surface area contributed by atoms with Crippen LogP contribution in [0.4, 0.5) is 0 Å². The molecule has 4 rings (SSSR count). The topological polar surface area (TPSA) is 107 Å². The number of benzene rings is 2. The summed E-state index contributed by atoms with van der Waals surface area (Å²) in [6.45, 7) is 0. The molecule has 8 nitrogen and oxygen atoms in total. The van der Waals surface area contributed by atoms with Crippen molar-refractivity contribution in [1.29, 1.82) is 0 Å². The van der Waals surface area contributed by atoms with Crippen molar-refractivity contribution in [1.82, 2.24) is 21.5 Å². The number of guanidine groups is 2. The Morgan fingerprint density at radius 3 is 1.43 bits per heavy atom. The molecule has 0 radical (unpaired) electrons. The average Bonchev–Trinajstić information content (AvgIpc) is 3.24. The van der Waals surface area contributed by atoms with E-state index in [0.717, 1.165) is 11.1 Å². The van der Waals surface area contributed by atoms with E-state index in [1.807, 2.05) is 60.7 Å². The molecule has 0 saturated carbocycles. The van der Waals surface area contributed by atoms with E-state index in [1.165, 1.54) is 0 Å². The van der Waals surface area contributed by atoms with Crippen LogP contribution >= 0.6 is 0 Å². The van der Waals surface area contributed by atoms with E-state index in [4.69, 9.17) is 0 Å². The molecule has 8 heteroatoms. The lowest BCUT2D eigenvalue weighted by atomic mass is 10.2. The van der Waals surface area contributed by atoms with E-state index in [0.29, 0.717) is 0 Å². The van der Waals surface area contributed by atoms with Gasteiger partial charge in [0.1, 0.15) is 11.4 Å². The van der Waals surface area contributed by atoms with Crippen LogP contribution in [0.5, 0.6) is 0 Å². The first-order chi connectivity index (χ1) is 13.7. The second kappa shape index (κ2) is 7.58. The number of carbonyl (C=O) groups is 2. The van der Waals surface area contributed by atoms with Gasteiger partial charge in [0.05, 0.1) is 0 Å². The molecule has 0 atom stereocenters. The average molecular weight is 372 g/mol. The Balaban J connectivity index is 1.42. The van der Waals surface area contributed by atoms with Gasteiger partial charge in [-0.1, -0.05) is 60.7 Å². The molecule has 0 unspecified atom stereocenters. The summed E-state index contributed by atoms with van der Waals surface area (Å²) in [5.74, 6) is -0.223. The lowest BCUT2D eigenvalue weighted by molar-refractivity contribution is -0.116. The molecule has 2 aromatic carbocycles. The van der Waals surface area contributed by atoms with Gasteiger partial charge in [0.2, 0.25) is 11.9 Å². The maximum atomic E-state index is 12.0. The van der Waals surface area contributed by atoms with Gasteiger partial charge < -0.3 is 0 Å². The van der Waals surface area contributed by atoms with Crippen LogP contribution < -0.4 is 21.5 Å². The molecule has 4 N–H and O–H groups in total. The molecule has 0 aliphatic carbocycles. The third-order valence-corrected chi connectivity index (χ3v) is 3.90. The number of nitrogens with zero attached hydrogens (tertiary/aromatic N) is 2. The highest BCUT2D eigenvalue weighted by Gasteiger charge is 2.23. The molecule has 2 aliphatic heterocycles. The minimum absolute atomic E-state index is 0.213. The number of nitrogens with one attached hydrogen (secondary N) is 4. The third kappa shape index (κ3) is 3.96. The van der Waals surface area contributed by atoms with Gasteiger partial charge in [0.25, 0.3) is 11.8 Å². The summed E-state index contributed by atoms with van der Waals surface area (Å²) in [6, 6.07) is 18.8. The number of hydrogen-bond donors (Lipinski definition) is 4. The van der Waals surface area contributed by atoms with Gasteiger partial charge in [0, 0.05) is 0 Å². The first-order valence-electron chi connectivity index (χ1n) is 8.53. The third-order valence-electron chi connectivity index (χ3n) is 3.90. The fraction of sp³-hybridized carbons (Fsp3) is 0. The molecule has 0 fully saturated rings. The van der Waals surface area contributed by atoms with Crippen LogP contribution in [-0.4, -0.2) is 23.7 Å². The van der Waals surface area contributed by atoms with Gasteiger partial charge in [-0.3, -0.25) is 31.1 Å². The number of hydrazine groups is 1. The Morgan fingerprint density at radius 1 is 0.643 bits per heavy atom. The van der Waals surface area contributed by atoms with Crippen LogP contribution in [0.1, 0.15) is 11.1 Å². The van der Waals surface area contributed by atoms with E-state index < -0.39 is 0 Å². The SMILES string of the molecule is O=C1NC(NNC2=N/C(=C/c3ccccc3)C(=O)N2)=N/C1=C/c1ccccc1. The lowest BCUT2D eigenvalue weighted by Crippen LogP contribution is -2.50. The molecule has 138 valence electrons. The number of amides is 2. The van der Waals surface area contributed by atoms with Crippen LogP contribution in [0.2, 0.25) is 0 Å². The minimum atomic E-state index is -0.324. The predicted octanol–water partition coefficient (Wildman–Crippen LogP) is 1.13. The van der Waals surface area contributed by atoms with Gasteiger partial charge in [-0.15, -0.1) is 0 Å². The molecule has 2 aliphatic rings. The zero-order valence-corrected chi connectivity index (χ0v) is 14.6. The highest BCUT2D eigenvalue weighted by atomic mass is 16.2. The van der Waals surface area contributed by atoms with Crippen LogP contribution in [0.25, 0.3) is 12.2 Å². The maximum absolute atomic E-state index is 12.0. The minimum Gasteiger partial charge on any atom is -0.290 e. The Hall–Kier alpha value is -4.20. The first kappa shape index (κ1) is 17.2. The Kier molecular flexibility index (Phi) is 4.67. The van der Waals surface area contributed by atoms with Crippen LogP contribution in [0.3, 0.4) is 0 Å².